The van der Waals surface area contributed by atoms with Gasteiger partial charge in [0.15, 0.2) is 0 Å². The second kappa shape index (κ2) is 4.58. The number of nitriles is 1. The minimum Gasteiger partial charge on any atom is -0.258 e. The lowest BCUT2D eigenvalue weighted by Gasteiger charge is -2.00. The largest absolute Gasteiger partial charge is 0.270 e. The molecular weight excluding hydrogens is 216 g/mol. The zero-order valence-electron chi connectivity index (χ0n) is 7.90. The van der Waals surface area contributed by atoms with Crippen LogP contribution >= 0.6 is 11.6 Å². The predicted octanol–water partition coefficient (Wildman–Crippen LogP) is 3.01. The van der Waals surface area contributed by atoms with Gasteiger partial charge < -0.3 is 0 Å². The Morgan fingerprint density at radius 1 is 1.60 bits per heavy atom. The summed E-state index contributed by atoms with van der Waals surface area (Å²) in [5.74, 6) is 0. The van der Waals surface area contributed by atoms with Crippen LogP contribution in [0.2, 0.25) is 0 Å². The number of halogens is 1. The fourth-order valence-corrected chi connectivity index (χ4v) is 1.30. The van der Waals surface area contributed by atoms with E-state index in [1.807, 2.05) is 0 Å². The molecule has 0 amide bonds. The number of allylic oxidation sites excluding steroid dienone is 1. The smallest absolute Gasteiger partial charge is 0.258 e. The molecule has 0 atom stereocenters. The summed E-state index contributed by atoms with van der Waals surface area (Å²) in [5.41, 5.74) is 1.17. The molecule has 0 N–H and O–H groups in total. The van der Waals surface area contributed by atoms with Crippen molar-refractivity contribution in [3.63, 3.8) is 0 Å². The van der Waals surface area contributed by atoms with E-state index in [9.17, 15) is 10.1 Å². The summed E-state index contributed by atoms with van der Waals surface area (Å²) in [4.78, 5) is 10.1. The first-order valence-electron chi connectivity index (χ1n) is 4.06. The van der Waals surface area contributed by atoms with Crippen molar-refractivity contribution in [3.8, 4) is 6.07 Å². The molecule has 0 heterocycles. The number of hydrogen-bond donors (Lipinski definition) is 0. The Hall–Kier alpha value is -1.86. The molecule has 0 bridgehead atoms. The van der Waals surface area contributed by atoms with Crippen molar-refractivity contribution in [2.75, 3.05) is 0 Å². The Labute approximate surface area is 91.6 Å². The maximum absolute atomic E-state index is 10.6. The third-order valence-corrected chi connectivity index (χ3v) is 2.07. The molecule has 0 fully saturated rings. The first kappa shape index (κ1) is 11.2. The zero-order chi connectivity index (χ0) is 11.4. The van der Waals surface area contributed by atoms with E-state index in [0.717, 1.165) is 11.6 Å². The first-order chi connectivity index (χ1) is 7.04. The molecule has 0 aromatic heterocycles. The fourth-order valence-electron chi connectivity index (χ4n) is 1.15. The Balaban J connectivity index is 3.28. The molecule has 0 aliphatic rings. The van der Waals surface area contributed by atoms with Crippen molar-refractivity contribution in [1.82, 2.24) is 0 Å². The van der Waals surface area contributed by atoms with Crippen molar-refractivity contribution < 1.29 is 4.92 Å². The van der Waals surface area contributed by atoms with Gasteiger partial charge in [0.1, 0.15) is 0 Å². The van der Waals surface area contributed by atoms with Crippen LogP contribution in [0.25, 0.3) is 5.03 Å². The Morgan fingerprint density at radius 3 is 2.80 bits per heavy atom. The second-order valence-corrected chi connectivity index (χ2v) is 3.34. The van der Waals surface area contributed by atoms with Crippen LogP contribution in [0.5, 0.6) is 0 Å². The molecule has 0 unspecified atom stereocenters. The highest BCUT2D eigenvalue weighted by atomic mass is 35.5. The van der Waals surface area contributed by atoms with Gasteiger partial charge in [0.05, 0.1) is 16.0 Å². The van der Waals surface area contributed by atoms with Crippen LogP contribution in [-0.4, -0.2) is 4.92 Å². The molecule has 0 aliphatic carbocycles. The summed E-state index contributed by atoms with van der Waals surface area (Å²) >= 11 is 5.77. The lowest BCUT2D eigenvalue weighted by Crippen LogP contribution is -1.90. The molecule has 0 saturated carbocycles. The van der Waals surface area contributed by atoms with E-state index in [2.05, 4.69) is 0 Å². The molecule has 0 aliphatic heterocycles. The van der Waals surface area contributed by atoms with E-state index >= 15 is 0 Å². The van der Waals surface area contributed by atoms with Gasteiger partial charge in [-0.2, -0.15) is 5.26 Å². The van der Waals surface area contributed by atoms with E-state index in [1.54, 1.807) is 19.1 Å². The molecule has 0 spiro atoms. The molecule has 4 nitrogen and oxygen atoms in total. The van der Waals surface area contributed by atoms with Gasteiger partial charge in [0.25, 0.3) is 5.69 Å². The summed E-state index contributed by atoms with van der Waals surface area (Å²) in [6.07, 6.45) is 1.14. The first-order valence-corrected chi connectivity index (χ1v) is 4.44. The summed E-state index contributed by atoms with van der Waals surface area (Å²) in [6.45, 7) is 1.73. The van der Waals surface area contributed by atoms with Gasteiger partial charge in [-0.15, -0.1) is 0 Å². The van der Waals surface area contributed by atoms with E-state index in [1.165, 1.54) is 12.1 Å². The lowest BCUT2D eigenvalue weighted by atomic mass is 10.1. The SMILES string of the molecule is Cc1cc(/C(Cl)=C/C#N)cc([N+](=O)[O-])c1. The Bertz CT molecular complexity index is 475. The maximum Gasteiger partial charge on any atom is 0.270 e. The van der Waals surface area contributed by atoms with Crippen LogP contribution in [0, 0.1) is 28.4 Å². The molecule has 1 aromatic carbocycles. The maximum atomic E-state index is 10.6. The highest BCUT2D eigenvalue weighted by molar-refractivity contribution is 6.49. The lowest BCUT2D eigenvalue weighted by molar-refractivity contribution is -0.384. The fraction of sp³-hybridized carbons (Fsp3) is 0.100. The van der Waals surface area contributed by atoms with Crippen LogP contribution in [0.3, 0.4) is 0 Å². The van der Waals surface area contributed by atoms with Gasteiger partial charge in [0.2, 0.25) is 0 Å². The summed E-state index contributed by atoms with van der Waals surface area (Å²) in [6, 6.07) is 6.23. The predicted molar refractivity (Wildman–Crippen MR) is 57.3 cm³/mol. The zero-order valence-corrected chi connectivity index (χ0v) is 8.65. The molecule has 1 rings (SSSR count). The second-order valence-electron chi connectivity index (χ2n) is 2.94. The van der Waals surface area contributed by atoms with E-state index in [0.29, 0.717) is 5.56 Å². The highest BCUT2D eigenvalue weighted by Gasteiger charge is 2.09. The third-order valence-electron chi connectivity index (χ3n) is 1.74. The van der Waals surface area contributed by atoms with Gasteiger partial charge >= 0.3 is 0 Å². The normalized spacial score (nSPS) is 10.9. The van der Waals surface area contributed by atoms with E-state index in [4.69, 9.17) is 16.9 Å². The van der Waals surface area contributed by atoms with Crippen LogP contribution in [0.15, 0.2) is 24.3 Å². The Morgan fingerprint density at radius 2 is 2.27 bits per heavy atom. The van der Waals surface area contributed by atoms with Crippen LogP contribution in [0.1, 0.15) is 11.1 Å². The molecule has 0 radical (unpaired) electrons. The average molecular weight is 223 g/mol. The van der Waals surface area contributed by atoms with Crippen LogP contribution in [0.4, 0.5) is 5.69 Å². The number of hydrogen-bond acceptors (Lipinski definition) is 3. The molecule has 15 heavy (non-hydrogen) atoms. The number of nitro groups is 1. The number of nitro benzene ring substituents is 1. The van der Waals surface area contributed by atoms with E-state index < -0.39 is 4.92 Å². The minimum absolute atomic E-state index is 0.0329. The van der Waals surface area contributed by atoms with Gasteiger partial charge in [-0.3, -0.25) is 10.1 Å². The van der Waals surface area contributed by atoms with Crippen molar-refractivity contribution in [1.29, 1.82) is 5.26 Å². The van der Waals surface area contributed by atoms with E-state index in [-0.39, 0.29) is 10.7 Å². The summed E-state index contributed by atoms with van der Waals surface area (Å²) < 4.78 is 0. The van der Waals surface area contributed by atoms with Gasteiger partial charge in [-0.05, 0) is 12.5 Å². The van der Waals surface area contributed by atoms with Gasteiger partial charge in [-0.1, -0.05) is 17.7 Å². The summed E-state index contributed by atoms with van der Waals surface area (Å²) in [7, 11) is 0. The van der Waals surface area contributed by atoms with Crippen molar-refractivity contribution in [2.45, 2.75) is 6.92 Å². The third kappa shape index (κ3) is 2.79. The van der Waals surface area contributed by atoms with Gasteiger partial charge in [0, 0.05) is 23.8 Å². The van der Waals surface area contributed by atoms with Crippen molar-refractivity contribution >= 4 is 22.3 Å². The molecule has 0 saturated heterocycles. The molecule has 1 aromatic rings. The van der Waals surface area contributed by atoms with Gasteiger partial charge in [-0.25, -0.2) is 0 Å². The monoisotopic (exact) mass is 222 g/mol. The van der Waals surface area contributed by atoms with Crippen molar-refractivity contribution in [2.24, 2.45) is 0 Å². The molecular formula is C10H7ClN2O2. The highest BCUT2D eigenvalue weighted by Crippen LogP contribution is 2.24. The Kier molecular flexibility index (Phi) is 3.42. The number of aryl methyl sites for hydroxylation is 1. The quantitative estimate of drug-likeness (QED) is 0.439. The molecule has 76 valence electrons. The van der Waals surface area contributed by atoms with Crippen molar-refractivity contribution in [3.05, 3.63) is 45.5 Å². The number of non-ortho nitro benzene ring substituents is 1. The van der Waals surface area contributed by atoms with Crippen LogP contribution in [-0.2, 0) is 0 Å². The minimum atomic E-state index is -0.493. The average Bonchev–Trinajstić information content (AvgIpc) is 2.17. The summed E-state index contributed by atoms with van der Waals surface area (Å²) in [5, 5.41) is 19.2. The number of nitrogens with zero attached hydrogens (tertiary/aromatic N) is 2. The molecule has 5 heteroatoms. The number of rotatable bonds is 2. The topological polar surface area (TPSA) is 66.9 Å². The number of benzene rings is 1. The standard InChI is InChI=1S/C10H7ClN2O2/c1-7-4-8(10(11)2-3-12)6-9(5-7)13(14)15/h2,4-6H,1H3/b10-2-. The van der Waals surface area contributed by atoms with Crippen LogP contribution < -0.4 is 0 Å².